The summed E-state index contributed by atoms with van der Waals surface area (Å²) in [5, 5.41) is 0. The van der Waals surface area contributed by atoms with Gasteiger partial charge in [-0.05, 0) is 56.2 Å². The van der Waals surface area contributed by atoms with Crippen molar-refractivity contribution in [1.29, 1.82) is 0 Å². The van der Waals surface area contributed by atoms with Crippen molar-refractivity contribution in [3.05, 3.63) is 59.7 Å². The van der Waals surface area contributed by atoms with E-state index in [1.54, 1.807) is 6.07 Å². The van der Waals surface area contributed by atoms with Gasteiger partial charge in [-0.2, -0.15) is 13.2 Å². The molecule has 3 heterocycles. The fourth-order valence-corrected chi connectivity index (χ4v) is 5.95. The number of fused-ring (bicyclic) bond motifs is 3. The molecule has 0 saturated carbocycles. The maximum Gasteiger partial charge on any atom is 0.416 e. The number of carbonyl (C=O) groups is 1. The summed E-state index contributed by atoms with van der Waals surface area (Å²) >= 11 is 0. The summed E-state index contributed by atoms with van der Waals surface area (Å²) in [6, 6.07) is 13.5. The Bertz CT molecular complexity index is 1090. The minimum absolute atomic E-state index is 0.00227. The lowest BCUT2D eigenvalue weighted by Gasteiger charge is -2.50. The Balaban J connectivity index is 1.37. The topological polar surface area (TPSA) is 45.3 Å². The lowest BCUT2D eigenvalue weighted by atomic mass is 9.82. The van der Waals surface area contributed by atoms with Crippen LogP contribution in [0.15, 0.2) is 48.5 Å². The number of alkyl halides is 3. The molecule has 2 aromatic carbocycles. The molecule has 4 unspecified atom stereocenters. The van der Waals surface area contributed by atoms with Crippen molar-refractivity contribution in [3.63, 3.8) is 0 Å². The van der Waals surface area contributed by atoms with Crippen molar-refractivity contribution in [2.75, 3.05) is 50.8 Å². The van der Waals surface area contributed by atoms with Crippen molar-refractivity contribution < 1.29 is 27.4 Å². The van der Waals surface area contributed by atoms with Crippen LogP contribution in [0.2, 0.25) is 0 Å². The van der Waals surface area contributed by atoms with E-state index in [1.165, 1.54) is 6.07 Å². The molecule has 0 radical (unpaired) electrons. The second kappa shape index (κ2) is 10.5. The van der Waals surface area contributed by atoms with E-state index in [-0.39, 0.29) is 24.2 Å². The molecule has 5 rings (SSSR count). The Kier molecular flexibility index (Phi) is 7.36. The van der Waals surface area contributed by atoms with Gasteiger partial charge in [-0.1, -0.05) is 18.2 Å². The van der Waals surface area contributed by atoms with E-state index in [2.05, 4.69) is 9.80 Å². The number of amides is 1. The van der Waals surface area contributed by atoms with Crippen molar-refractivity contribution >= 4 is 11.6 Å². The number of rotatable bonds is 5. The fraction of sp³-hybridized carbons (Fsp3) is 0.536. The quantitative estimate of drug-likeness (QED) is 0.598. The molecule has 200 valence electrons. The Hall–Kier alpha value is -2.78. The number of ether oxygens (including phenoxy) is 2. The first-order valence-electron chi connectivity index (χ1n) is 13.0. The fourth-order valence-electron chi connectivity index (χ4n) is 5.95. The molecule has 0 aromatic heterocycles. The van der Waals surface area contributed by atoms with Crippen molar-refractivity contribution in [3.8, 4) is 5.75 Å². The zero-order valence-corrected chi connectivity index (χ0v) is 21.3. The standard InChI is InChI=1S/C28H34F3N3O3/c1-19-16-33(17-20(2)37-19)27(35)24-15-21-14-22(28(29,30)31)8-9-25(21)34-11-10-32(18-26(24)34)12-13-36-23-6-4-3-5-7-23/h3-9,14,19-20,24,26H,10-13,15-18H2,1-2H3. The van der Waals surface area contributed by atoms with E-state index >= 15 is 0 Å². The van der Waals surface area contributed by atoms with Crippen LogP contribution in [0.5, 0.6) is 5.75 Å². The minimum Gasteiger partial charge on any atom is -0.492 e. The molecule has 3 aliphatic rings. The highest BCUT2D eigenvalue weighted by atomic mass is 19.4. The van der Waals surface area contributed by atoms with Gasteiger partial charge >= 0.3 is 6.18 Å². The molecule has 0 N–H and O–H groups in total. The normalized spacial score (nSPS) is 26.4. The van der Waals surface area contributed by atoms with E-state index in [1.807, 2.05) is 49.1 Å². The van der Waals surface area contributed by atoms with Crippen LogP contribution in [0.1, 0.15) is 25.0 Å². The number of piperazine rings is 1. The van der Waals surface area contributed by atoms with Crippen LogP contribution in [-0.4, -0.2) is 79.8 Å². The molecule has 9 heteroatoms. The third-order valence-electron chi connectivity index (χ3n) is 7.59. The monoisotopic (exact) mass is 517 g/mol. The van der Waals surface area contributed by atoms with E-state index < -0.39 is 17.7 Å². The van der Waals surface area contributed by atoms with E-state index in [0.717, 1.165) is 24.0 Å². The Morgan fingerprint density at radius 2 is 1.76 bits per heavy atom. The number of benzene rings is 2. The molecular formula is C28H34F3N3O3. The van der Waals surface area contributed by atoms with Crippen LogP contribution < -0.4 is 9.64 Å². The second-order valence-corrected chi connectivity index (χ2v) is 10.4. The van der Waals surface area contributed by atoms with Gasteiger partial charge in [-0.15, -0.1) is 0 Å². The third-order valence-corrected chi connectivity index (χ3v) is 7.59. The lowest BCUT2D eigenvalue weighted by molar-refractivity contribution is -0.148. The number of halogens is 3. The van der Waals surface area contributed by atoms with Crippen LogP contribution >= 0.6 is 0 Å². The van der Waals surface area contributed by atoms with Gasteiger partial charge in [0.15, 0.2) is 0 Å². The lowest BCUT2D eigenvalue weighted by Crippen LogP contribution is -2.62. The van der Waals surface area contributed by atoms with Gasteiger partial charge < -0.3 is 19.3 Å². The molecule has 37 heavy (non-hydrogen) atoms. The number of para-hydroxylation sites is 1. The number of hydrogen-bond donors (Lipinski definition) is 0. The highest BCUT2D eigenvalue weighted by molar-refractivity contribution is 5.82. The van der Waals surface area contributed by atoms with Crippen molar-refractivity contribution in [2.24, 2.45) is 5.92 Å². The zero-order valence-electron chi connectivity index (χ0n) is 21.3. The summed E-state index contributed by atoms with van der Waals surface area (Å²) in [4.78, 5) is 20.2. The van der Waals surface area contributed by atoms with Gasteiger partial charge in [0, 0.05) is 45.0 Å². The van der Waals surface area contributed by atoms with Crippen molar-refractivity contribution in [2.45, 2.75) is 44.7 Å². The summed E-state index contributed by atoms with van der Waals surface area (Å²) in [5.74, 6) is 0.394. The SMILES string of the molecule is CC1CN(C(=O)C2Cc3cc(C(F)(F)F)ccc3N3CCN(CCOc4ccccc4)CC23)CC(C)O1. The van der Waals surface area contributed by atoms with Crippen LogP contribution in [0.4, 0.5) is 18.9 Å². The van der Waals surface area contributed by atoms with Crippen LogP contribution in [0.3, 0.4) is 0 Å². The summed E-state index contributed by atoms with van der Waals surface area (Å²) in [7, 11) is 0. The molecule has 1 amide bonds. The van der Waals surface area contributed by atoms with E-state index in [9.17, 15) is 18.0 Å². The largest absolute Gasteiger partial charge is 0.492 e. The maximum absolute atomic E-state index is 13.9. The molecule has 6 nitrogen and oxygen atoms in total. The molecule has 2 fully saturated rings. The number of hydrogen-bond acceptors (Lipinski definition) is 5. The first kappa shape index (κ1) is 25.9. The number of morpholine rings is 1. The zero-order chi connectivity index (χ0) is 26.2. The van der Waals surface area contributed by atoms with Gasteiger partial charge in [-0.3, -0.25) is 9.69 Å². The first-order chi connectivity index (χ1) is 17.7. The van der Waals surface area contributed by atoms with Crippen LogP contribution in [-0.2, 0) is 22.1 Å². The van der Waals surface area contributed by atoms with Gasteiger partial charge in [-0.25, -0.2) is 0 Å². The summed E-state index contributed by atoms with van der Waals surface area (Å²) in [6.07, 6.45) is -4.27. The maximum atomic E-state index is 13.9. The van der Waals surface area contributed by atoms with Crippen LogP contribution in [0, 0.1) is 5.92 Å². The predicted octanol–water partition coefficient (Wildman–Crippen LogP) is 4.08. The number of nitrogens with zero attached hydrogens (tertiary/aromatic N) is 3. The molecule has 2 saturated heterocycles. The molecule has 2 aromatic rings. The van der Waals surface area contributed by atoms with E-state index in [4.69, 9.17) is 9.47 Å². The number of anilines is 1. The molecule has 3 aliphatic heterocycles. The Labute approximate surface area is 215 Å². The highest BCUT2D eigenvalue weighted by Gasteiger charge is 2.44. The van der Waals surface area contributed by atoms with Gasteiger partial charge in [0.1, 0.15) is 12.4 Å². The van der Waals surface area contributed by atoms with Crippen molar-refractivity contribution in [1.82, 2.24) is 9.80 Å². The molecular weight excluding hydrogens is 483 g/mol. The summed E-state index contributed by atoms with van der Waals surface area (Å²) in [5.41, 5.74) is 0.742. The van der Waals surface area contributed by atoms with Crippen LogP contribution in [0.25, 0.3) is 0 Å². The molecule has 0 aliphatic carbocycles. The average Bonchev–Trinajstić information content (AvgIpc) is 2.87. The Morgan fingerprint density at radius 3 is 2.46 bits per heavy atom. The molecule has 0 spiro atoms. The summed E-state index contributed by atoms with van der Waals surface area (Å²) < 4.78 is 52.2. The highest BCUT2D eigenvalue weighted by Crippen LogP contribution is 2.40. The first-order valence-corrected chi connectivity index (χ1v) is 13.0. The minimum atomic E-state index is -4.42. The smallest absolute Gasteiger partial charge is 0.416 e. The molecule has 4 atom stereocenters. The molecule has 0 bridgehead atoms. The van der Waals surface area contributed by atoms with Gasteiger partial charge in [0.05, 0.1) is 29.7 Å². The predicted molar refractivity (Wildman–Crippen MR) is 135 cm³/mol. The summed E-state index contributed by atoms with van der Waals surface area (Å²) in [6.45, 7) is 8.18. The number of carbonyl (C=O) groups excluding carboxylic acids is 1. The second-order valence-electron chi connectivity index (χ2n) is 10.4. The average molecular weight is 518 g/mol. The van der Waals surface area contributed by atoms with Gasteiger partial charge in [0.2, 0.25) is 5.91 Å². The Morgan fingerprint density at radius 1 is 1.03 bits per heavy atom. The third kappa shape index (κ3) is 5.72. The van der Waals surface area contributed by atoms with Gasteiger partial charge in [0.25, 0.3) is 0 Å². The van der Waals surface area contributed by atoms with E-state index in [0.29, 0.717) is 51.3 Å².